The average molecular weight is 416 g/mol. The number of anilines is 1. The van der Waals surface area contributed by atoms with Crippen LogP contribution in [-0.2, 0) is 5.60 Å². The van der Waals surface area contributed by atoms with Gasteiger partial charge >= 0.3 is 0 Å². The number of nitrogens with zero attached hydrogens (tertiary/aromatic N) is 3. The van der Waals surface area contributed by atoms with Gasteiger partial charge in [-0.3, -0.25) is 0 Å². The summed E-state index contributed by atoms with van der Waals surface area (Å²) in [5, 5.41) is 20.5. The molecule has 2 heterocycles. The van der Waals surface area contributed by atoms with E-state index in [0.29, 0.717) is 29.2 Å². The Kier molecular flexibility index (Phi) is 5.22. The largest absolute Gasteiger partial charge is 0.543 e. The summed E-state index contributed by atoms with van der Waals surface area (Å²) in [5.74, 6) is 1.48. The summed E-state index contributed by atoms with van der Waals surface area (Å²) in [7, 11) is -1.95. The van der Waals surface area contributed by atoms with Crippen LogP contribution in [0.4, 0.5) is 5.82 Å². The van der Waals surface area contributed by atoms with Gasteiger partial charge in [-0.2, -0.15) is 5.26 Å². The first-order chi connectivity index (χ1) is 12.9. The van der Waals surface area contributed by atoms with Gasteiger partial charge in [0.1, 0.15) is 23.2 Å². The van der Waals surface area contributed by atoms with Crippen molar-refractivity contribution in [3.8, 4) is 11.8 Å². The molecule has 5 nitrogen and oxygen atoms in total. The predicted molar refractivity (Wildman–Crippen MR) is 114 cm³/mol. The SMILES string of the molecule is CC(C)(C)[Si](C)(C)Oc1ccc(C2(O)CN(c3ccc(C#N)cn3)C2)c(Cl)c1. The standard InChI is InChI=1S/C21H26ClN3O2Si/c1-20(2,3)28(4,5)27-16-7-8-17(18(22)10-16)21(26)13-25(14-21)19-9-6-15(11-23)12-24-19/h6-10,12,26H,13-14H2,1-5H3. The van der Waals surface area contributed by atoms with Crippen molar-refractivity contribution in [2.75, 3.05) is 18.0 Å². The summed E-state index contributed by atoms with van der Waals surface area (Å²) < 4.78 is 6.30. The molecule has 0 unspecified atom stereocenters. The van der Waals surface area contributed by atoms with Gasteiger partial charge in [0.25, 0.3) is 0 Å². The van der Waals surface area contributed by atoms with Crippen molar-refractivity contribution in [1.29, 1.82) is 5.26 Å². The van der Waals surface area contributed by atoms with E-state index in [1.807, 2.05) is 17.0 Å². The van der Waals surface area contributed by atoms with Crippen molar-refractivity contribution in [3.05, 3.63) is 52.7 Å². The van der Waals surface area contributed by atoms with Crippen LogP contribution in [0.15, 0.2) is 36.5 Å². The molecule has 0 saturated carbocycles. The molecule has 3 rings (SSSR count). The lowest BCUT2D eigenvalue weighted by Gasteiger charge is -2.47. The van der Waals surface area contributed by atoms with Crippen LogP contribution in [0, 0.1) is 11.3 Å². The van der Waals surface area contributed by atoms with E-state index in [2.05, 4.69) is 44.9 Å². The summed E-state index contributed by atoms with van der Waals surface area (Å²) in [5.41, 5.74) is 0.184. The summed E-state index contributed by atoms with van der Waals surface area (Å²) in [4.78, 5) is 6.23. The Morgan fingerprint density at radius 3 is 2.43 bits per heavy atom. The molecule has 148 valence electrons. The molecule has 1 aliphatic rings. The third kappa shape index (κ3) is 3.88. The molecule has 7 heteroatoms. The van der Waals surface area contributed by atoms with Gasteiger partial charge < -0.3 is 14.4 Å². The molecule has 1 saturated heterocycles. The first-order valence-electron chi connectivity index (χ1n) is 9.28. The molecule has 2 aromatic rings. The van der Waals surface area contributed by atoms with Crippen molar-refractivity contribution in [3.63, 3.8) is 0 Å². The number of halogens is 1. The van der Waals surface area contributed by atoms with Crippen molar-refractivity contribution in [2.24, 2.45) is 0 Å². The maximum Gasteiger partial charge on any atom is 0.250 e. The summed E-state index contributed by atoms with van der Waals surface area (Å²) in [6.07, 6.45) is 1.53. The first-order valence-corrected chi connectivity index (χ1v) is 12.6. The minimum Gasteiger partial charge on any atom is -0.543 e. The Bertz CT molecular complexity index is 911. The minimum absolute atomic E-state index is 0.0961. The molecular weight excluding hydrogens is 390 g/mol. The molecule has 0 amide bonds. The number of aromatic nitrogens is 1. The van der Waals surface area contributed by atoms with Gasteiger partial charge in [0.05, 0.1) is 23.7 Å². The number of pyridine rings is 1. The second-order valence-corrected chi connectivity index (χ2v) is 14.0. The Labute approximate surface area is 172 Å². The van der Waals surface area contributed by atoms with Gasteiger partial charge in [-0.05, 0) is 42.4 Å². The summed E-state index contributed by atoms with van der Waals surface area (Å²) >= 11 is 6.51. The van der Waals surface area contributed by atoms with E-state index in [0.717, 1.165) is 11.6 Å². The fourth-order valence-corrected chi connectivity index (χ4v) is 4.31. The van der Waals surface area contributed by atoms with Crippen LogP contribution in [0.2, 0.25) is 23.2 Å². The Morgan fingerprint density at radius 1 is 1.25 bits per heavy atom. The molecule has 1 aliphatic heterocycles. The minimum atomic E-state index is -1.95. The molecule has 0 radical (unpaired) electrons. The molecule has 28 heavy (non-hydrogen) atoms. The fraction of sp³-hybridized carbons (Fsp3) is 0.429. The Balaban J connectivity index is 1.73. The van der Waals surface area contributed by atoms with E-state index in [1.54, 1.807) is 18.2 Å². The maximum atomic E-state index is 11.0. The number of hydrogen-bond acceptors (Lipinski definition) is 5. The van der Waals surface area contributed by atoms with Crippen LogP contribution < -0.4 is 9.33 Å². The predicted octanol–water partition coefficient (Wildman–Crippen LogP) is 4.70. The molecule has 0 atom stereocenters. The third-order valence-electron chi connectivity index (χ3n) is 5.73. The number of rotatable bonds is 4. The van der Waals surface area contributed by atoms with Crippen LogP contribution in [0.5, 0.6) is 5.75 Å². The van der Waals surface area contributed by atoms with Crippen molar-refractivity contribution in [1.82, 2.24) is 4.98 Å². The van der Waals surface area contributed by atoms with Gasteiger partial charge in [-0.25, -0.2) is 4.98 Å². The zero-order chi connectivity index (χ0) is 20.7. The van der Waals surface area contributed by atoms with Crippen LogP contribution in [-0.4, -0.2) is 31.5 Å². The lowest BCUT2D eigenvalue weighted by Crippen LogP contribution is -2.60. The van der Waals surface area contributed by atoms with E-state index in [1.165, 1.54) is 6.20 Å². The highest BCUT2D eigenvalue weighted by Gasteiger charge is 2.45. The smallest absolute Gasteiger partial charge is 0.250 e. The first kappa shape index (κ1) is 20.7. The van der Waals surface area contributed by atoms with Crippen LogP contribution in [0.25, 0.3) is 0 Å². The van der Waals surface area contributed by atoms with Gasteiger partial charge in [0.15, 0.2) is 0 Å². The zero-order valence-electron chi connectivity index (χ0n) is 17.0. The number of aliphatic hydroxyl groups is 1. The molecular formula is C21H26ClN3O2Si. The highest BCUT2D eigenvalue weighted by atomic mass is 35.5. The third-order valence-corrected chi connectivity index (χ3v) is 10.4. The Hall–Kier alpha value is -2.07. The van der Waals surface area contributed by atoms with E-state index in [-0.39, 0.29) is 5.04 Å². The van der Waals surface area contributed by atoms with E-state index in [9.17, 15) is 5.11 Å². The van der Waals surface area contributed by atoms with Crippen molar-refractivity contribution < 1.29 is 9.53 Å². The average Bonchev–Trinajstić information content (AvgIpc) is 2.58. The number of benzene rings is 1. The van der Waals surface area contributed by atoms with Gasteiger partial charge in [0.2, 0.25) is 8.32 Å². The maximum absolute atomic E-state index is 11.0. The summed E-state index contributed by atoms with van der Waals surface area (Å²) in [6, 6.07) is 11.1. The Morgan fingerprint density at radius 2 is 1.93 bits per heavy atom. The molecule has 0 bridgehead atoms. The van der Waals surface area contributed by atoms with Crippen LogP contribution in [0.3, 0.4) is 0 Å². The van der Waals surface area contributed by atoms with Crippen molar-refractivity contribution >= 4 is 25.7 Å². The quantitative estimate of drug-likeness (QED) is 0.733. The molecule has 0 spiro atoms. The molecule has 1 fully saturated rings. The van der Waals surface area contributed by atoms with Crippen LogP contribution in [0.1, 0.15) is 31.9 Å². The normalized spacial score (nSPS) is 16.3. The van der Waals surface area contributed by atoms with E-state index in [4.69, 9.17) is 21.3 Å². The zero-order valence-corrected chi connectivity index (χ0v) is 18.7. The van der Waals surface area contributed by atoms with E-state index < -0.39 is 13.9 Å². The highest BCUT2D eigenvalue weighted by molar-refractivity contribution is 6.74. The molecule has 1 aromatic heterocycles. The number of nitriles is 1. The topological polar surface area (TPSA) is 69.4 Å². The van der Waals surface area contributed by atoms with Crippen molar-refractivity contribution in [2.45, 2.75) is 44.5 Å². The number of hydrogen-bond donors (Lipinski definition) is 1. The lowest BCUT2D eigenvalue weighted by atomic mass is 9.86. The molecule has 0 aliphatic carbocycles. The van der Waals surface area contributed by atoms with Crippen LogP contribution >= 0.6 is 11.6 Å². The van der Waals surface area contributed by atoms with Gasteiger partial charge in [0, 0.05) is 11.8 Å². The molecule has 1 aromatic carbocycles. The van der Waals surface area contributed by atoms with E-state index >= 15 is 0 Å². The fourth-order valence-electron chi connectivity index (χ4n) is 2.94. The summed E-state index contributed by atoms with van der Waals surface area (Å²) in [6.45, 7) is 11.8. The molecule has 1 N–H and O–H groups in total. The second-order valence-electron chi connectivity index (χ2n) is 8.91. The second kappa shape index (κ2) is 7.07. The number of β-amino-alcohol motifs (C(OH)–C–C–N with tert-alkyl or cyclic N) is 1. The van der Waals surface area contributed by atoms with Gasteiger partial charge in [-0.1, -0.05) is 38.4 Å². The highest BCUT2D eigenvalue weighted by Crippen LogP contribution is 2.41. The monoisotopic (exact) mass is 415 g/mol. The lowest BCUT2D eigenvalue weighted by molar-refractivity contribution is 0.00714. The van der Waals surface area contributed by atoms with Gasteiger partial charge in [-0.15, -0.1) is 0 Å².